The number of nitro benzene ring substituents is 1. The lowest BCUT2D eigenvalue weighted by molar-refractivity contribution is -0.384. The Kier molecular flexibility index (Phi) is 7.61. The fraction of sp³-hybridized carbons (Fsp3) is 0.636. The molecule has 2 aliphatic rings. The number of hydrogen-bond acceptors (Lipinski definition) is 6. The number of nitrogens with zero attached hydrogens (tertiary/aromatic N) is 4. The summed E-state index contributed by atoms with van der Waals surface area (Å²) in [7, 11) is 0. The number of piperidine rings is 1. The van der Waals surface area contributed by atoms with Crippen molar-refractivity contribution >= 4 is 23.2 Å². The van der Waals surface area contributed by atoms with E-state index in [-0.39, 0.29) is 29.7 Å². The molecule has 1 aromatic carbocycles. The van der Waals surface area contributed by atoms with Gasteiger partial charge in [-0.3, -0.25) is 29.5 Å². The number of likely N-dealkylation sites (tertiary alicyclic amines) is 1. The van der Waals surface area contributed by atoms with E-state index in [2.05, 4.69) is 24.1 Å². The number of rotatable bonds is 6. The Labute approximate surface area is 183 Å². The second kappa shape index (κ2) is 10.2. The summed E-state index contributed by atoms with van der Waals surface area (Å²) in [5.41, 5.74) is 0.886. The van der Waals surface area contributed by atoms with E-state index in [1.54, 1.807) is 19.1 Å². The van der Waals surface area contributed by atoms with Crippen molar-refractivity contribution in [2.45, 2.75) is 27.2 Å². The minimum Gasteiger partial charge on any atom is -0.341 e. The average molecular weight is 432 g/mol. The van der Waals surface area contributed by atoms with Crippen LogP contribution in [0.3, 0.4) is 0 Å². The van der Waals surface area contributed by atoms with Crippen LogP contribution in [-0.4, -0.2) is 83.8 Å². The van der Waals surface area contributed by atoms with Gasteiger partial charge in [-0.15, -0.1) is 0 Å². The largest absolute Gasteiger partial charge is 0.341 e. The Bertz CT molecular complexity index is 812. The summed E-state index contributed by atoms with van der Waals surface area (Å²) in [4.78, 5) is 42.0. The molecule has 2 heterocycles. The third-order valence-corrected chi connectivity index (χ3v) is 6.04. The molecule has 170 valence electrons. The number of carbonyl (C=O) groups is 2. The van der Waals surface area contributed by atoms with Crippen molar-refractivity contribution < 1.29 is 14.5 Å². The quantitative estimate of drug-likeness (QED) is 0.546. The smallest absolute Gasteiger partial charge is 0.293 e. The summed E-state index contributed by atoms with van der Waals surface area (Å²) >= 11 is 0. The van der Waals surface area contributed by atoms with E-state index in [9.17, 15) is 19.7 Å². The van der Waals surface area contributed by atoms with Crippen LogP contribution in [0.5, 0.6) is 0 Å². The molecule has 0 unspecified atom stereocenters. The van der Waals surface area contributed by atoms with Crippen molar-refractivity contribution in [2.24, 2.45) is 11.8 Å². The molecule has 0 aliphatic carbocycles. The van der Waals surface area contributed by atoms with Crippen LogP contribution < -0.4 is 5.32 Å². The molecule has 1 aromatic rings. The van der Waals surface area contributed by atoms with Crippen LogP contribution in [-0.2, 0) is 9.59 Å². The molecule has 2 fully saturated rings. The molecule has 2 aliphatic heterocycles. The molecule has 2 amide bonds. The van der Waals surface area contributed by atoms with Gasteiger partial charge in [0.25, 0.3) is 5.69 Å². The lowest BCUT2D eigenvalue weighted by Crippen LogP contribution is -2.52. The number of benzene rings is 1. The topological polar surface area (TPSA) is 99.0 Å². The molecule has 0 bridgehead atoms. The second-order valence-electron chi connectivity index (χ2n) is 9.12. The highest BCUT2D eigenvalue weighted by atomic mass is 16.6. The molecular weight excluding hydrogens is 398 g/mol. The molecule has 0 aromatic heterocycles. The van der Waals surface area contributed by atoms with Gasteiger partial charge < -0.3 is 10.2 Å². The number of piperazine rings is 1. The molecular formula is C22H33N5O4. The minimum absolute atomic E-state index is 0.0990. The molecule has 31 heavy (non-hydrogen) atoms. The van der Waals surface area contributed by atoms with Gasteiger partial charge in [0.1, 0.15) is 5.69 Å². The molecule has 0 radical (unpaired) electrons. The van der Waals surface area contributed by atoms with Crippen LogP contribution in [0.2, 0.25) is 0 Å². The third-order valence-electron chi connectivity index (χ3n) is 6.04. The first kappa shape index (κ1) is 23.1. The molecule has 0 spiro atoms. The van der Waals surface area contributed by atoms with Crippen molar-refractivity contribution in [3.8, 4) is 0 Å². The van der Waals surface area contributed by atoms with Crippen molar-refractivity contribution in [3.05, 3.63) is 33.9 Å². The van der Waals surface area contributed by atoms with E-state index < -0.39 is 4.92 Å². The molecule has 3 rings (SSSR count). The van der Waals surface area contributed by atoms with Gasteiger partial charge in [-0.2, -0.15) is 0 Å². The molecule has 9 heteroatoms. The first-order chi connectivity index (χ1) is 14.7. The van der Waals surface area contributed by atoms with Gasteiger partial charge in [0.2, 0.25) is 11.8 Å². The number of anilines is 1. The number of hydrogen-bond donors (Lipinski definition) is 1. The van der Waals surface area contributed by atoms with Crippen molar-refractivity contribution in [1.82, 2.24) is 14.7 Å². The highest BCUT2D eigenvalue weighted by Gasteiger charge is 2.28. The maximum atomic E-state index is 12.7. The standard InChI is InChI=1S/C22H33N5O4/c1-16-4-5-19(20(11-16)27(30)31)23-21(28)14-24-6-8-25(9-7-24)15-22(29)26-12-17(2)10-18(3)13-26/h4-5,11,17-18H,6-10,12-15H2,1-3H3,(H,23,28)/t17-,18+. The van der Waals surface area contributed by atoms with Crippen molar-refractivity contribution in [1.29, 1.82) is 0 Å². The van der Waals surface area contributed by atoms with Crippen LogP contribution in [0.15, 0.2) is 18.2 Å². The Morgan fingerprint density at radius 1 is 1.06 bits per heavy atom. The maximum absolute atomic E-state index is 12.7. The Hall–Kier alpha value is -2.52. The van der Waals surface area contributed by atoms with Gasteiger partial charge in [0.05, 0.1) is 18.0 Å². The average Bonchev–Trinajstić information content (AvgIpc) is 2.70. The number of nitro groups is 1. The van der Waals surface area contributed by atoms with Gasteiger partial charge in [-0.1, -0.05) is 19.9 Å². The molecule has 1 N–H and O–H groups in total. The number of carbonyl (C=O) groups excluding carboxylic acids is 2. The van der Waals surface area contributed by atoms with Crippen molar-refractivity contribution in [3.63, 3.8) is 0 Å². The molecule has 2 saturated heterocycles. The second-order valence-corrected chi connectivity index (χ2v) is 9.12. The lowest BCUT2D eigenvalue weighted by Gasteiger charge is -2.38. The van der Waals surface area contributed by atoms with E-state index in [0.29, 0.717) is 31.5 Å². The summed E-state index contributed by atoms with van der Waals surface area (Å²) in [6.07, 6.45) is 1.18. The van der Waals surface area contributed by atoms with E-state index in [1.807, 2.05) is 9.80 Å². The number of amides is 2. The van der Waals surface area contributed by atoms with Crippen LogP contribution in [0.25, 0.3) is 0 Å². The fourth-order valence-electron chi connectivity index (χ4n) is 4.55. The van der Waals surface area contributed by atoms with Crippen molar-refractivity contribution in [2.75, 3.05) is 57.7 Å². The highest BCUT2D eigenvalue weighted by molar-refractivity contribution is 5.94. The molecule has 2 atom stereocenters. The van der Waals surface area contributed by atoms with Crippen LogP contribution in [0.4, 0.5) is 11.4 Å². The zero-order chi connectivity index (χ0) is 22.5. The Morgan fingerprint density at radius 3 is 2.23 bits per heavy atom. The van der Waals surface area contributed by atoms with E-state index in [4.69, 9.17) is 0 Å². The molecule has 0 saturated carbocycles. The van der Waals surface area contributed by atoms with Crippen LogP contribution in [0.1, 0.15) is 25.8 Å². The first-order valence-electron chi connectivity index (χ1n) is 11.0. The maximum Gasteiger partial charge on any atom is 0.293 e. The molecule has 9 nitrogen and oxygen atoms in total. The number of aryl methyl sites for hydroxylation is 1. The van der Waals surface area contributed by atoms with E-state index >= 15 is 0 Å². The SMILES string of the molecule is Cc1ccc(NC(=O)CN2CCN(CC(=O)N3C[C@H](C)C[C@H](C)C3)CC2)c([N+](=O)[O-])c1. The summed E-state index contributed by atoms with van der Waals surface area (Å²) in [5.74, 6) is 1.02. The highest BCUT2D eigenvalue weighted by Crippen LogP contribution is 2.25. The third kappa shape index (κ3) is 6.48. The zero-order valence-electron chi connectivity index (χ0n) is 18.7. The summed E-state index contributed by atoms with van der Waals surface area (Å²) < 4.78 is 0. The van der Waals surface area contributed by atoms with Crippen LogP contribution >= 0.6 is 0 Å². The van der Waals surface area contributed by atoms with Crippen LogP contribution in [0, 0.1) is 28.9 Å². The first-order valence-corrected chi connectivity index (χ1v) is 11.0. The van der Waals surface area contributed by atoms with Gasteiger partial charge in [0, 0.05) is 45.3 Å². The normalized spacial score (nSPS) is 22.9. The summed E-state index contributed by atoms with van der Waals surface area (Å²) in [6, 6.07) is 4.76. The zero-order valence-corrected chi connectivity index (χ0v) is 18.7. The van der Waals surface area contributed by atoms with Gasteiger partial charge >= 0.3 is 0 Å². The number of nitrogens with one attached hydrogen (secondary N) is 1. The predicted octanol–water partition coefficient (Wildman–Crippen LogP) is 1.96. The Balaban J connectivity index is 1.44. The van der Waals surface area contributed by atoms with E-state index in [0.717, 1.165) is 31.7 Å². The predicted molar refractivity (Wildman–Crippen MR) is 119 cm³/mol. The van der Waals surface area contributed by atoms with Gasteiger partial charge in [0.15, 0.2) is 0 Å². The van der Waals surface area contributed by atoms with E-state index in [1.165, 1.54) is 12.5 Å². The van der Waals surface area contributed by atoms with Gasteiger partial charge in [-0.05, 0) is 36.8 Å². The Morgan fingerprint density at radius 2 is 1.65 bits per heavy atom. The lowest BCUT2D eigenvalue weighted by atomic mass is 9.92. The van der Waals surface area contributed by atoms with Gasteiger partial charge in [-0.25, -0.2) is 0 Å². The fourth-order valence-corrected chi connectivity index (χ4v) is 4.55. The monoisotopic (exact) mass is 431 g/mol. The summed E-state index contributed by atoms with van der Waals surface area (Å²) in [6.45, 7) is 11.3. The minimum atomic E-state index is -0.484. The summed E-state index contributed by atoms with van der Waals surface area (Å²) in [5, 5.41) is 13.9.